The van der Waals surface area contributed by atoms with Crippen molar-refractivity contribution >= 4 is 28.8 Å². The number of aryl methyl sites for hydroxylation is 3. The third kappa shape index (κ3) is 3.96. The van der Waals surface area contributed by atoms with Gasteiger partial charge >= 0.3 is 0 Å². The van der Waals surface area contributed by atoms with Gasteiger partial charge in [-0.1, -0.05) is 42.0 Å². The topological polar surface area (TPSA) is 67.9 Å². The molecule has 1 aliphatic rings. The van der Waals surface area contributed by atoms with Gasteiger partial charge in [0, 0.05) is 5.56 Å². The highest BCUT2D eigenvalue weighted by Gasteiger charge is 2.42. The standard InChI is InChI=1S/C27H26N2O4/c1-16-10-12-21(18(3)14-16)29-26(30)24(19-8-6-7-9-22(19)32-4)25(27(29)31)28-20-15-17(2)11-13-23(20)33-5/h6-15,28H,1-5H3. The second-order valence-corrected chi connectivity index (χ2v) is 8.01. The van der Waals surface area contributed by atoms with Crippen LogP contribution in [0.5, 0.6) is 11.5 Å². The summed E-state index contributed by atoms with van der Waals surface area (Å²) in [5, 5.41) is 3.20. The van der Waals surface area contributed by atoms with Crippen LogP contribution in [0, 0.1) is 20.8 Å². The number of ether oxygens (including phenoxy) is 2. The van der Waals surface area contributed by atoms with Gasteiger partial charge in [-0.25, -0.2) is 4.90 Å². The summed E-state index contributed by atoms with van der Waals surface area (Å²) in [4.78, 5) is 28.7. The minimum atomic E-state index is -0.434. The number of anilines is 2. The first-order valence-electron chi connectivity index (χ1n) is 10.6. The number of para-hydroxylation sites is 1. The first-order valence-corrected chi connectivity index (χ1v) is 10.6. The van der Waals surface area contributed by atoms with Gasteiger partial charge in [0.25, 0.3) is 11.8 Å². The Bertz CT molecular complexity index is 1290. The van der Waals surface area contributed by atoms with Crippen molar-refractivity contribution < 1.29 is 19.1 Å². The van der Waals surface area contributed by atoms with Crippen LogP contribution in [-0.2, 0) is 9.59 Å². The van der Waals surface area contributed by atoms with Crippen molar-refractivity contribution in [3.8, 4) is 11.5 Å². The van der Waals surface area contributed by atoms with Crippen LogP contribution in [0.3, 0.4) is 0 Å². The third-order valence-corrected chi connectivity index (χ3v) is 5.67. The van der Waals surface area contributed by atoms with E-state index in [1.165, 1.54) is 4.90 Å². The molecule has 0 unspecified atom stereocenters. The summed E-state index contributed by atoms with van der Waals surface area (Å²) in [6.45, 7) is 5.81. The Morgan fingerprint density at radius 3 is 2.12 bits per heavy atom. The number of benzene rings is 3. The summed E-state index contributed by atoms with van der Waals surface area (Å²) in [7, 11) is 3.11. The molecule has 1 aliphatic heterocycles. The van der Waals surface area contributed by atoms with Crippen LogP contribution in [0.1, 0.15) is 22.3 Å². The molecule has 6 heteroatoms. The molecular weight excluding hydrogens is 416 g/mol. The van der Waals surface area contributed by atoms with Crippen LogP contribution in [0.4, 0.5) is 11.4 Å². The second-order valence-electron chi connectivity index (χ2n) is 8.01. The van der Waals surface area contributed by atoms with Gasteiger partial charge in [0.15, 0.2) is 0 Å². The lowest BCUT2D eigenvalue weighted by molar-refractivity contribution is -0.120. The zero-order valence-electron chi connectivity index (χ0n) is 19.4. The molecule has 0 saturated heterocycles. The summed E-state index contributed by atoms with van der Waals surface area (Å²) < 4.78 is 11.0. The van der Waals surface area contributed by atoms with Crippen molar-refractivity contribution in [3.05, 3.63) is 88.6 Å². The molecule has 3 aromatic rings. The van der Waals surface area contributed by atoms with Gasteiger partial charge in [0.2, 0.25) is 0 Å². The lowest BCUT2D eigenvalue weighted by atomic mass is 10.0. The van der Waals surface area contributed by atoms with E-state index in [-0.39, 0.29) is 11.3 Å². The van der Waals surface area contributed by atoms with Gasteiger partial charge in [-0.3, -0.25) is 9.59 Å². The number of nitrogens with one attached hydrogen (secondary N) is 1. The Balaban J connectivity index is 1.91. The molecule has 1 heterocycles. The first-order chi connectivity index (χ1) is 15.8. The van der Waals surface area contributed by atoms with Gasteiger partial charge in [-0.2, -0.15) is 0 Å². The first kappa shape index (κ1) is 22.1. The maximum Gasteiger partial charge on any atom is 0.282 e. The molecule has 0 spiro atoms. The zero-order valence-corrected chi connectivity index (χ0v) is 19.4. The Morgan fingerprint density at radius 2 is 1.42 bits per heavy atom. The van der Waals surface area contributed by atoms with E-state index in [1.54, 1.807) is 32.4 Å². The summed E-state index contributed by atoms with van der Waals surface area (Å²) in [5.41, 5.74) is 5.00. The Morgan fingerprint density at radius 1 is 0.758 bits per heavy atom. The van der Waals surface area contributed by atoms with Crippen molar-refractivity contribution in [1.29, 1.82) is 0 Å². The van der Waals surface area contributed by atoms with Crippen molar-refractivity contribution in [2.24, 2.45) is 0 Å². The molecule has 168 valence electrons. The number of rotatable bonds is 6. The fourth-order valence-electron chi connectivity index (χ4n) is 4.08. The van der Waals surface area contributed by atoms with E-state index in [0.29, 0.717) is 28.4 Å². The van der Waals surface area contributed by atoms with Crippen molar-refractivity contribution in [2.45, 2.75) is 20.8 Å². The SMILES string of the molecule is COc1ccc(C)cc1NC1=C(c2ccccc2OC)C(=O)N(c2ccc(C)cc2C)C1=O. The molecule has 1 N–H and O–H groups in total. The van der Waals surface area contributed by atoms with E-state index < -0.39 is 11.8 Å². The van der Waals surface area contributed by atoms with E-state index >= 15 is 0 Å². The number of carbonyl (C=O) groups is 2. The predicted octanol–water partition coefficient (Wildman–Crippen LogP) is 5.03. The Hall–Kier alpha value is -4.06. The molecule has 0 radical (unpaired) electrons. The summed E-state index contributed by atoms with van der Waals surface area (Å²) in [5.74, 6) is 0.228. The van der Waals surface area contributed by atoms with Gasteiger partial charge in [-0.05, 0) is 56.2 Å². The van der Waals surface area contributed by atoms with Crippen LogP contribution in [-0.4, -0.2) is 26.0 Å². The highest BCUT2D eigenvalue weighted by atomic mass is 16.5. The van der Waals surface area contributed by atoms with E-state index in [1.807, 2.05) is 63.2 Å². The normalized spacial score (nSPS) is 13.5. The van der Waals surface area contributed by atoms with Crippen LogP contribution < -0.4 is 19.7 Å². The number of amides is 2. The second kappa shape index (κ2) is 8.82. The highest BCUT2D eigenvalue weighted by Crippen LogP contribution is 2.39. The zero-order chi connectivity index (χ0) is 23.7. The van der Waals surface area contributed by atoms with Gasteiger partial charge in [-0.15, -0.1) is 0 Å². The quantitative estimate of drug-likeness (QED) is 0.543. The molecular formula is C27H26N2O4. The van der Waals surface area contributed by atoms with Gasteiger partial charge < -0.3 is 14.8 Å². The van der Waals surface area contributed by atoms with Crippen LogP contribution in [0.25, 0.3) is 5.57 Å². The van der Waals surface area contributed by atoms with Crippen LogP contribution in [0.15, 0.2) is 66.4 Å². The molecule has 0 aromatic heterocycles. The molecule has 4 rings (SSSR count). The van der Waals surface area contributed by atoms with Gasteiger partial charge in [0.05, 0.1) is 31.2 Å². The average Bonchev–Trinajstić information content (AvgIpc) is 3.03. The largest absolute Gasteiger partial charge is 0.496 e. The molecule has 3 aromatic carbocycles. The minimum Gasteiger partial charge on any atom is -0.496 e. The lowest BCUT2D eigenvalue weighted by Gasteiger charge is -2.18. The molecule has 0 bridgehead atoms. The minimum absolute atomic E-state index is 0.174. The number of hydrogen-bond donors (Lipinski definition) is 1. The number of methoxy groups -OCH3 is 2. The predicted molar refractivity (Wildman–Crippen MR) is 130 cm³/mol. The summed E-state index contributed by atoms with van der Waals surface area (Å²) in [6, 6.07) is 18.4. The van der Waals surface area contributed by atoms with Crippen molar-refractivity contribution in [3.63, 3.8) is 0 Å². The average molecular weight is 443 g/mol. The maximum atomic E-state index is 13.8. The number of nitrogens with zero attached hydrogens (tertiary/aromatic N) is 1. The number of hydrogen-bond acceptors (Lipinski definition) is 5. The molecule has 0 fully saturated rings. The van der Waals surface area contributed by atoms with Crippen LogP contribution >= 0.6 is 0 Å². The van der Waals surface area contributed by atoms with Gasteiger partial charge in [0.1, 0.15) is 17.2 Å². The lowest BCUT2D eigenvalue weighted by Crippen LogP contribution is -2.33. The number of imide groups is 1. The van der Waals surface area contributed by atoms with Crippen molar-refractivity contribution in [2.75, 3.05) is 24.4 Å². The third-order valence-electron chi connectivity index (χ3n) is 5.67. The van der Waals surface area contributed by atoms with E-state index in [4.69, 9.17) is 9.47 Å². The highest BCUT2D eigenvalue weighted by molar-refractivity contribution is 6.46. The number of carbonyl (C=O) groups excluding carboxylic acids is 2. The fraction of sp³-hybridized carbons (Fsp3) is 0.185. The molecule has 0 aliphatic carbocycles. The molecule has 0 atom stereocenters. The Kier molecular flexibility index (Phi) is 5.92. The monoisotopic (exact) mass is 442 g/mol. The van der Waals surface area contributed by atoms with E-state index in [9.17, 15) is 9.59 Å². The molecule has 6 nitrogen and oxygen atoms in total. The molecule has 0 saturated carbocycles. The molecule has 2 amide bonds. The fourth-order valence-corrected chi connectivity index (χ4v) is 4.08. The summed E-state index contributed by atoms with van der Waals surface area (Å²) in [6.07, 6.45) is 0. The van der Waals surface area contributed by atoms with E-state index in [0.717, 1.165) is 16.7 Å². The van der Waals surface area contributed by atoms with E-state index in [2.05, 4.69) is 5.32 Å². The maximum absolute atomic E-state index is 13.8. The molecule has 33 heavy (non-hydrogen) atoms. The van der Waals surface area contributed by atoms with Crippen molar-refractivity contribution in [1.82, 2.24) is 0 Å². The summed E-state index contributed by atoms with van der Waals surface area (Å²) >= 11 is 0. The smallest absolute Gasteiger partial charge is 0.282 e. The van der Waals surface area contributed by atoms with Crippen LogP contribution in [0.2, 0.25) is 0 Å². The Labute approximate surface area is 193 Å².